The number of rotatable bonds is 10. The summed E-state index contributed by atoms with van der Waals surface area (Å²) in [6.07, 6.45) is 3.51. The van der Waals surface area contributed by atoms with Crippen LogP contribution in [0.4, 0.5) is 0 Å². The van der Waals surface area contributed by atoms with Crippen molar-refractivity contribution in [1.82, 2.24) is 10.2 Å². The number of likely N-dealkylation sites (tertiary alicyclic amines) is 1. The SMILES string of the molecule is CSCCC(NC(=O)c1ccc(CN2CCC(O)(c3ccc(Cl)cc3)CC2)cc1-c1ccccc1C)C(=O)O. The Balaban J connectivity index is 1.54. The highest BCUT2D eigenvalue weighted by atomic mass is 35.5. The Morgan fingerprint density at radius 3 is 2.38 bits per heavy atom. The van der Waals surface area contributed by atoms with Crippen molar-refractivity contribution < 1.29 is 19.8 Å². The standard InChI is InChI=1S/C31H35ClN2O4S/c1-21-5-3-4-6-25(21)27-19-22(7-12-26(27)29(35)33-28(30(36)37)13-18-39-2)20-34-16-14-31(38,15-17-34)23-8-10-24(32)11-9-23/h3-12,19,28,38H,13-18,20H2,1-2H3,(H,33,35)(H,36,37). The number of nitrogens with one attached hydrogen (secondary N) is 1. The molecule has 1 unspecified atom stereocenters. The molecule has 1 amide bonds. The molecule has 39 heavy (non-hydrogen) atoms. The van der Waals surface area contributed by atoms with Gasteiger partial charge in [0, 0.05) is 30.2 Å². The number of hydrogen-bond donors (Lipinski definition) is 3. The Morgan fingerprint density at radius 2 is 1.74 bits per heavy atom. The topological polar surface area (TPSA) is 89.9 Å². The highest BCUT2D eigenvalue weighted by molar-refractivity contribution is 7.98. The van der Waals surface area contributed by atoms with Gasteiger partial charge in [-0.25, -0.2) is 4.79 Å². The Labute approximate surface area is 239 Å². The van der Waals surface area contributed by atoms with Crippen LogP contribution in [0.3, 0.4) is 0 Å². The van der Waals surface area contributed by atoms with Crippen LogP contribution in [-0.4, -0.2) is 58.1 Å². The number of piperidine rings is 1. The molecule has 206 valence electrons. The molecule has 1 atom stereocenters. The first-order valence-electron chi connectivity index (χ1n) is 13.1. The van der Waals surface area contributed by atoms with Crippen molar-refractivity contribution in [1.29, 1.82) is 0 Å². The zero-order valence-corrected chi connectivity index (χ0v) is 23.9. The van der Waals surface area contributed by atoms with E-state index < -0.39 is 17.6 Å². The molecule has 8 heteroatoms. The van der Waals surface area contributed by atoms with Crippen molar-refractivity contribution in [3.05, 3.63) is 94.0 Å². The predicted octanol–water partition coefficient (Wildman–Crippen LogP) is 5.74. The fourth-order valence-corrected chi connectivity index (χ4v) is 5.70. The first-order chi connectivity index (χ1) is 18.7. The number of carbonyl (C=O) groups is 2. The number of amides is 1. The average Bonchev–Trinajstić information content (AvgIpc) is 2.92. The summed E-state index contributed by atoms with van der Waals surface area (Å²) in [6, 6.07) is 20.1. The van der Waals surface area contributed by atoms with E-state index in [1.165, 1.54) is 0 Å². The molecule has 1 saturated heterocycles. The minimum atomic E-state index is -1.03. The highest BCUT2D eigenvalue weighted by Crippen LogP contribution is 2.34. The zero-order chi connectivity index (χ0) is 28.0. The van der Waals surface area contributed by atoms with Gasteiger partial charge in [-0.3, -0.25) is 9.69 Å². The molecule has 0 aliphatic carbocycles. The number of carboxylic acids is 1. The first kappa shape index (κ1) is 29.2. The van der Waals surface area contributed by atoms with Gasteiger partial charge in [0.15, 0.2) is 0 Å². The number of aliphatic carboxylic acids is 1. The van der Waals surface area contributed by atoms with Gasteiger partial charge in [0.2, 0.25) is 0 Å². The Hall–Kier alpha value is -2.84. The molecular weight excluding hydrogens is 532 g/mol. The number of aliphatic hydroxyl groups is 1. The number of carboxylic acid groups (broad SMARTS) is 1. The van der Waals surface area contributed by atoms with Crippen molar-refractivity contribution in [2.75, 3.05) is 25.1 Å². The molecule has 0 saturated carbocycles. The summed E-state index contributed by atoms with van der Waals surface area (Å²) in [7, 11) is 0. The summed E-state index contributed by atoms with van der Waals surface area (Å²) >= 11 is 7.57. The zero-order valence-electron chi connectivity index (χ0n) is 22.3. The lowest BCUT2D eigenvalue weighted by Gasteiger charge is -2.38. The monoisotopic (exact) mass is 566 g/mol. The fraction of sp³-hybridized carbons (Fsp3) is 0.355. The highest BCUT2D eigenvalue weighted by Gasteiger charge is 2.34. The van der Waals surface area contributed by atoms with Crippen LogP contribution in [0.25, 0.3) is 11.1 Å². The quantitative estimate of drug-likeness (QED) is 0.290. The second-order valence-electron chi connectivity index (χ2n) is 10.2. The van der Waals surface area contributed by atoms with E-state index in [9.17, 15) is 19.8 Å². The smallest absolute Gasteiger partial charge is 0.326 e. The van der Waals surface area contributed by atoms with Gasteiger partial charge >= 0.3 is 5.97 Å². The Kier molecular flexibility index (Phi) is 9.72. The molecule has 1 heterocycles. The maximum absolute atomic E-state index is 13.3. The Morgan fingerprint density at radius 1 is 1.05 bits per heavy atom. The number of halogens is 1. The molecule has 3 aromatic rings. The largest absolute Gasteiger partial charge is 0.480 e. The molecule has 3 N–H and O–H groups in total. The van der Waals surface area contributed by atoms with E-state index in [0.29, 0.717) is 42.1 Å². The van der Waals surface area contributed by atoms with Crippen LogP contribution in [0.15, 0.2) is 66.7 Å². The number of nitrogens with zero attached hydrogens (tertiary/aromatic N) is 1. The molecule has 1 aliphatic heterocycles. The number of aryl methyl sites for hydroxylation is 1. The van der Waals surface area contributed by atoms with Crippen LogP contribution in [0.5, 0.6) is 0 Å². The molecule has 0 spiro atoms. The molecular formula is C31H35ClN2O4S. The molecule has 0 bridgehead atoms. The summed E-state index contributed by atoms with van der Waals surface area (Å²) < 4.78 is 0. The van der Waals surface area contributed by atoms with E-state index in [2.05, 4.69) is 10.2 Å². The van der Waals surface area contributed by atoms with Gasteiger partial charge in [0.1, 0.15) is 6.04 Å². The number of carbonyl (C=O) groups excluding carboxylic acids is 1. The van der Waals surface area contributed by atoms with Crippen molar-refractivity contribution in [2.45, 2.75) is 44.4 Å². The molecule has 1 fully saturated rings. The van der Waals surface area contributed by atoms with Crippen molar-refractivity contribution in [3.8, 4) is 11.1 Å². The maximum Gasteiger partial charge on any atom is 0.326 e. The second kappa shape index (κ2) is 13.0. The van der Waals surface area contributed by atoms with Crippen molar-refractivity contribution in [3.63, 3.8) is 0 Å². The van der Waals surface area contributed by atoms with Gasteiger partial charge in [-0.05, 0) is 90.3 Å². The maximum atomic E-state index is 13.3. The van der Waals surface area contributed by atoms with Gasteiger partial charge in [0.05, 0.1) is 5.60 Å². The lowest BCUT2D eigenvalue weighted by molar-refractivity contribution is -0.139. The van der Waals surface area contributed by atoms with Gasteiger partial charge in [0.25, 0.3) is 5.91 Å². The molecule has 4 rings (SSSR count). The van der Waals surface area contributed by atoms with Crippen LogP contribution < -0.4 is 5.32 Å². The van der Waals surface area contributed by atoms with Crippen LogP contribution in [-0.2, 0) is 16.9 Å². The third-order valence-electron chi connectivity index (χ3n) is 7.45. The van der Waals surface area contributed by atoms with E-state index in [-0.39, 0.29) is 5.91 Å². The van der Waals surface area contributed by atoms with E-state index in [0.717, 1.165) is 40.9 Å². The van der Waals surface area contributed by atoms with Crippen molar-refractivity contribution >= 4 is 35.2 Å². The third-order valence-corrected chi connectivity index (χ3v) is 8.34. The summed E-state index contributed by atoms with van der Waals surface area (Å²) in [5, 5.41) is 24.2. The lowest BCUT2D eigenvalue weighted by atomic mass is 9.84. The normalized spacial score (nSPS) is 16.0. The lowest BCUT2D eigenvalue weighted by Crippen LogP contribution is -2.42. The predicted molar refractivity (Wildman–Crippen MR) is 158 cm³/mol. The van der Waals surface area contributed by atoms with Gasteiger partial charge in [-0.2, -0.15) is 11.8 Å². The Bertz CT molecular complexity index is 1310. The van der Waals surface area contributed by atoms with Crippen LogP contribution in [0.2, 0.25) is 5.02 Å². The van der Waals surface area contributed by atoms with E-state index >= 15 is 0 Å². The summed E-state index contributed by atoms with van der Waals surface area (Å²) in [5.41, 5.74) is 4.29. The van der Waals surface area contributed by atoms with Gasteiger partial charge in [-0.1, -0.05) is 54.1 Å². The van der Waals surface area contributed by atoms with Crippen LogP contribution in [0, 0.1) is 6.92 Å². The average molecular weight is 567 g/mol. The van der Waals surface area contributed by atoms with E-state index in [1.807, 2.05) is 73.8 Å². The first-order valence-corrected chi connectivity index (χ1v) is 14.9. The van der Waals surface area contributed by atoms with Crippen LogP contribution in [0.1, 0.15) is 46.3 Å². The minimum Gasteiger partial charge on any atom is -0.480 e. The molecule has 0 radical (unpaired) electrons. The third kappa shape index (κ3) is 7.22. The summed E-state index contributed by atoms with van der Waals surface area (Å²) in [5.74, 6) is -0.779. The molecule has 6 nitrogen and oxygen atoms in total. The van der Waals surface area contributed by atoms with Gasteiger partial charge in [-0.15, -0.1) is 0 Å². The van der Waals surface area contributed by atoms with Crippen LogP contribution >= 0.6 is 23.4 Å². The number of benzene rings is 3. The van der Waals surface area contributed by atoms with E-state index in [1.54, 1.807) is 17.8 Å². The summed E-state index contributed by atoms with van der Waals surface area (Å²) in [4.78, 5) is 27.4. The minimum absolute atomic E-state index is 0.358. The second-order valence-corrected chi connectivity index (χ2v) is 11.6. The van der Waals surface area contributed by atoms with Gasteiger partial charge < -0.3 is 15.5 Å². The molecule has 1 aliphatic rings. The van der Waals surface area contributed by atoms with E-state index in [4.69, 9.17) is 11.6 Å². The van der Waals surface area contributed by atoms with Crippen molar-refractivity contribution in [2.24, 2.45) is 0 Å². The number of thioether (sulfide) groups is 1. The fourth-order valence-electron chi connectivity index (χ4n) is 5.10. The number of hydrogen-bond acceptors (Lipinski definition) is 5. The summed E-state index contributed by atoms with van der Waals surface area (Å²) in [6.45, 7) is 4.15. The molecule has 0 aromatic heterocycles. The molecule has 3 aromatic carbocycles.